The molecular weight excluding hydrogens is 228 g/mol. The van der Waals surface area contributed by atoms with Gasteiger partial charge in [-0.15, -0.1) is 0 Å². The Balaban J connectivity index is 1.93. The second-order valence-electron chi connectivity index (χ2n) is 5.50. The number of hydrogen-bond acceptors (Lipinski definition) is 0. The van der Waals surface area contributed by atoms with Gasteiger partial charge in [0.15, 0.2) is 0 Å². The lowest BCUT2D eigenvalue weighted by molar-refractivity contribution is 1.06. The molecule has 0 atom stereocenters. The SMILES string of the molecule is C=C(C=C1c2ccccc2-c2ccccc21)C1CC1. The third-order valence-corrected chi connectivity index (χ3v) is 4.16. The molecule has 0 radical (unpaired) electrons. The molecule has 2 aliphatic rings. The number of allylic oxidation sites excluding steroid dienone is 2. The Morgan fingerprint density at radius 2 is 1.32 bits per heavy atom. The van der Waals surface area contributed by atoms with Crippen LogP contribution < -0.4 is 0 Å². The van der Waals surface area contributed by atoms with E-state index in [2.05, 4.69) is 61.2 Å². The van der Waals surface area contributed by atoms with Crippen molar-refractivity contribution in [1.82, 2.24) is 0 Å². The van der Waals surface area contributed by atoms with E-state index in [4.69, 9.17) is 0 Å². The fourth-order valence-corrected chi connectivity index (χ4v) is 2.96. The second-order valence-corrected chi connectivity index (χ2v) is 5.50. The van der Waals surface area contributed by atoms with E-state index in [0.29, 0.717) is 0 Å². The van der Waals surface area contributed by atoms with Crippen LogP contribution in [0.15, 0.2) is 66.8 Å². The molecule has 2 aromatic rings. The molecule has 0 heterocycles. The van der Waals surface area contributed by atoms with Gasteiger partial charge in [-0.3, -0.25) is 0 Å². The summed E-state index contributed by atoms with van der Waals surface area (Å²) in [5.41, 5.74) is 8.06. The predicted molar refractivity (Wildman–Crippen MR) is 80.8 cm³/mol. The van der Waals surface area contributed by atoms with Crippen molar-refractivity contribution in [2.45, 2.75) is 12.8 Å². The minimum absolute atomic E-state index is 0.729. The van der Waals surface area contributed by atoms with Crippen LogP contribution >= 0.6 is 0 Å². The molecule has 92 valence electrons. The van der Waals surface area contributed by atoms with Gasteiger partial charge in [-0.1, -0.05) is 66.8 Å². The lowest BCUT2D eigenvalue weighted by Gasteiger charge is -2.04. The van der Waals surface area contributed by atoms with Crippen LogP contribution in [0.25, 0.3) is 16.7 Å². The van der Waals surface area contributed by atoms with Crippen LogP contribution in [0.2, 0.25) is 0 Å². The van der Waals surface area contributed by atoms with Crippen molar-refractivity contribution in [3.05, 3.63) is 77.9 Å². The van der Waals surface area contributed by atoms with Gasteiger partial charge >= 0.3 is 0 Å². The summed E-state index contributed by atoms with van der Waals surface area (Å²) in [6.45, 7) is 4.25. The fourth-order valence-electron chi connectivity index (χ4n) is 2.96. The molecule has 4 rings (SSSR count). The van der Waals surface area contributed by atoms with Crippen molar-refractivity contribution in [2.24, 2.45) is 5.92 Å². The second kappa shape index (κ2) is 3.96. The van der Waals surface area contributed by atoms with Crippen LogP contribution in [0.5, 0.6) is 0 Å². The van der Waals surface area contributed by atoms with Gasteiger partial charge in [0, 0.05) is 0 Å². The summed E-state index contributed by atoms with van der Waals surface area (Å²) in [7, 11) is 0. The quantitative estimate of drug-likeness (QED) is 0.590. The molecule has 0 nitrogen and oxygen atoms in total. The monoisotopic (exact) mass is 244 g/mol. The summed E-state index contributed by atoms with van der Waals surface area (Å²) in [6.07, 6.45) is 4.93. The third kappa shape index (κ3) is 1.67. The zero-order valence-electron chi connectivity index (χ0n) is 10.9. The standard InChI is InChI=1S/C19H16/c1-13(14-10-11-14)12-19-17-8-4-2-6-15(17)16-7-3-5-9-18(16)19/h2-9,12,14H,1,10-11H2. The van der Waals surface area contributed by atoms with Crippen LogP contribution in [0.4, 0.5) is 0 Å². The minimum atomic E-state index is 0.729. The summed E-state index contributed by atoms with van der Waals surface area (Å²) < 4.78 is 0. The molecule has 19 heavy (non-hydrogen) atoms. The highest BCUT2D eigenvalue weighted by atomic mass is 14.3. The first kappa shape index (κ1) is 10.8. The molecule has 1 saturated carbocycles. The highest BCUT2D eigenvalue weighted by molar-refractivity contribution is 6.01. The number of hydrogen-bond donors (Lipinski definition) is 0. The maximum Gasteiger partial charge on any atom is -0.00963 e. The fraction of sp³-hybridized carbons (Fsp3) is 0.158. The number of fused-ring (bicyclic) bond motifs is 3. The normalized spacial score (nSPS) is 15.9. The Bertz CT molecular complexity index is 652. The van der Waals surface area contributed by atoms with Gasteiger partial charge in [0.05, 0.1) is 0 Å². The summed E-state index contributed by atoms with van der Waals surface area (Å²) in [6, 6.07) is 17.4. The molecule has 0 spiro atoms. The Hall–Kier alpha value is -2.08. The number of benzene rings is 2. The van der Waals surface area contributed by atoms with Crippen molar-refractivity contribution in [1.29, 1.82) is 0 Å². The molecule has 2 aliphatic carbocycles. The topological polar surface area (TPSA) is 0 Å². The largest absolute Gasteiger partial charge is 0.0955 e. The van der Waals surface area contributed by atoms with Crippen molar-refractivity contribution in [3.63, 3.8) is 0 Å². The summed E-state index contributed by atoms with van der Waals surface area (Å²) in [5.74, 6) is 0.729. The van der Waals surface area contributed by atoms with Crippen LogP contribution in [-0.2, 0) is 0 Å². The van der Waals surface area contributed by atoms with Crippen molar-refractivity contribution < 1.29 is 0 Å². The molecule has 0 heteroatoms. The average Bonchev–Trinajstić information content (AvgIpc) is 3.26. The first-order valence-corrected chi connectivity index (χ1v) is 6.94. The molecule has 0 amide bonds. The predicted octanol–water partition coefficient (Wildman–Crippen LogP) is 5.06. The Morgan fingerprint density at radius 3 is 1.79 bits per heavy atom. The summed E-state index contributed by atoms with van der Waals surface area (Å²) in [5, 5.41) is 0. The average molecular weight is 244 g/mol. The van der Waals surface area contributed by atoms with E-state index in [1.807, 2.05) is 0 Å². The lowest BCUT2D eigenvalue weighted by Crippen LogP contribution is -1.85. The molecule has 0 aromatic heterocycles. The molecule has 1 fully saturated rings. The van der Waals surface area contributed by atoms with Crippen LogP contribution in [0, 0.1) is 5.92 Å². The van der Waals surface area contributed by atoms with E-state index in [1.165, 1.54) is 46.2 Å². The highest BCUT2D eigenvalue weighted by Crippen LogP contribution is 2.46. The maximum absolute atomic E-state index is 4.25. The Labute approximate surface area is 114 Å². The van der Waals surface area contributed by atoms with Gasteiger partial charge in [-0.25, -0.2) is 0 Å². The van der Waals surface area contributed by atoms with Crippen molar-refractivity contribution in [2.75, 3.05) is 0 Å². The highest BCUT2D eigenvalue weighted by Gasteiger charge is 2.26. The first-order chi connectivity index (χ1) is 9.34. The first-order valence-electron chi connectivity index (χ1n) is 6.94. The Morgan fingerprint density at radius 1 is 0.842 bits per heavy atom. The van der Waals surface area contributed by atoms with Gasteiger partial charge in [-0.05, 0) is 46.6 Å². The third-order valence-electron chi connectivity index (χ3n) is 4.16. The van der Waals surface area contributed by atoms with E-state index >= 15 is 0 Å². The summed E-state index contributed by atoms with van der Waals surface area (Å²) in [4.78, 5) is 0. The molecule has 0 bridgehead atoms. The van der Waals surface area contributed by atoms with Crippen molar-refractivity contribution in [3.8, 4) is 11.1 Å². The number of rotatable bonds is 2. The smallest absolute Gasteiger partial charge is 0.00963 e. The molecule has 0 aliphatic heterocycles. The van der Waals surface area contributed by atoms with Crippen LogP contribution in [0.1, 0.15) is 24.0 Å². The van der Waals surface area contributed by atoms with E-state index in [0.717, 1.165) is 5.92 Å². The molecule has 0 N–H and O–H groups in total. The maximum atomic E-state index is 4.25. The van der Waals surface area contributed by atoms with Crippen molar-refractivity contribution >= 4 is 5.57 Å². The zero-order chi connectivity index (χ0) is 12.8. The van der Waals surface area contributed by atoms with Gasteiger partial charge in [0.2, 0.25) is 0 Å². The van der Waals surface area contributed by atoms with Gasteiger partial charge in [0.1, 0.15) is 0 Å². The van der Waals surface area contributed by atoms with Crippen LogP contribution in [-0.4, -0.2) is 0 Å². The molecule has 0 saturated heterocycles. The van der Waals surface area contributed by atoms with Gasteiger partial charge in [-0.2, -0.15) is 0 Å². The summed E-state index contributed by atoms with van der Waals surface area (Å²) >= 11 is 0. The van der Waals surface area contributed by atoms with Gasteiger partial charge < -0.3 is 0 Å². The van der Waals surface area contributed by atoms with E-state index in [1.54, 1.807) is 0 Å². The zero-order valence-corrected chi connectivity index (χ0v) is 10.9. The molecule has 0 unspecified atom stereocenters. The lowest BCUT2D eigenvalue weighted by atomic mass is 10.0. The van der Waals surface area contributed by atoms with E-state index in [9.17, 15) is 0 Å². The van der Waals surface area contributed by atoms with E-state index in [-0.39, 0.29) is 0 Å². The molecular formula is C19H16. The molecule has 2 aromatic carbocycles. The van der Waals surface area contributed by atoms with Gasteiger partial charge in [0.25, 0.3) is 0 Å². The van der Waals surface area contributed by atoms with E-state index < -0.39 is 0 Å². The van der Waals surface area contributed by atoms with Crippen LogP contribution in [0.3, 0.4) is 0 Å². The minimum Gasteiger partial charge on any atom is -0.0955 e. The Kier molecular flexibility index (Phi) is 2.25.